The Balaban J connectivity index is 2.21. The fraction of sp³-hybridized carbons (Fsp3) is 0.588. The Morgan fingerprint density at radius 2 is 2.00 bits per heavy atom. The molecule has 0 aliphatic carbocycles. The fourth-order valence-electron chi connectivity index (χ4n) is 2.32. The maximum absolute atomic E-state index is 11.8. The molecule has 3 nitrogen and oxygen atoms in total. The first-order chi connectivity index (χ1) is 10.1. The average Bonchev–Trinajstić information content (AvgIpc) is 2.51. The molecule has 118 valence electrons. The topological polar surface area (TPSA) is 38.3 Å². The summed E-state index contributed by atoms with van der Waals surface area (Å²) in [6.07, 6.45) is 2.97. The summed E-state index contributed by atoms with van der Waals surface area (Å²) >= 11 is 1.95. The molecule has 0 spiro atoms. The molecule has 0 heterocycles. The number of esters is 1. The Bertz CT molecular complexity index is 411. The molecule has 1 N–H and O–H groups in total. The van der Waals surface area contributed by atoms with Gasteiger partial charge in [-0.1, -0.05) is 43.7 Å². The summed E-state index contributed by atoms with van der Waals surface area (Å²) in [5.41, 5.74) is 0.822. The van der Waals surface area contributed by atoms with Gasteiger partial charge in [0.1, 0.15) is 5.54 Å². The third-order valence-corrected chi connectivity index (χ3v) is 4.64. The van der Waals surface area contributed by atoms with Gasteiger partial charge in [-0.2, -0.15) is 11.8 Å². The quantitative estimate of drug-likeness (QED) is 0.529. The van der Waals surface area contributed by atoms with Crippen LogP contribution in [-0.4, -0.2) is 30.9 Å². The molecule has 1 rings (SSSR count). The summed E-state index contributed by atoms with van der Waals surface area (Å²) in [6.45, 7) is 4.71. The molecule has 1 aromatic rings. The van der Waals surface area contributed by atoms with Crippen LogP contribution in [0.3, 0.4) is 0 Å². The minimum absolute atomic E-state index is 0.165. The maximum Gasteiger partial charge on any atom is 0.325 e. The lowest BCUT2D eigenvalue weighted by Gasteiger charge is -2.27. The van der Waals surface area contributed by atoms with E-state index in [4.69, 9.17) is 4.74 Å². The van der Waals surface area contributed by atoms with Gasteiger partial charge in [-0.25, -0.2) is 0 Å². The number of hydrogen-bond donors (Lipinski definition) is 1. The summed E-state index contributed by atoms with van der Waals surface area (Å²) < 4.78 is 4.90. The van der Waals surface area contributed by atoms with Gasteiger partial charge in [0.05, 0.1) is 7.11 Å². The van der Waals surface area contributed by atoms with E-state index in [2.05, 4.69) is 29.6 Å². The highest BCUT2D eigenvalue weighted by molar-refractivity contribution is 7.98. The lowest BCUT2D eigenvalue weighted by atomic mass is 9.95. The van der Waals surface area contributed by atoms with Crippen molar-refractivity contribution in [3.05, 3.63) is 35.9 Å². The van der Waals surface area contributed by atoms with Crippen LogP contribution >= 0.6 is 11.8 Å². The monoisotopic (exact) mass is 309 g/mol. The Morgan fingerprint density at radius 3 is 2.62 bits per heavy atom. The molecule has 0 bridgehead atoms. The van der Waals surface area contributed by atoms with Crippen molar-refractivity contribution in [1.82, 2.24) is 5.32 Å². The van der Waals surface area contributed by atoms with E-state index in [0.717, 1.165) is 37.3 Å². The van der Waals surface area contributed by atoms with E-state index in [1.165, 1.54) is 12.7 Å². The van der Waals surface area contributed by atoms with Gasteiger partial charge in [-0.15, -0.1) is 0 Å². The van der Waals surface area contributed by atoms with Gasteiger partial charge in [0, 0.05) is 5.75 Å². The zero-order chi connectivity index (χ0) is 15.6. The Hall–Kier alpha value is -1.00. The highest BCUT2D eigenvalue weighted by Crippen LogP contribution is 2.19. The van der Waals surface area contributed by atoms with E-state index in [1.807, 2.05) is 31.7 Å². The predicted octanol–water partition coefficient (Wildman–Crippen LogP) is 3.63. The molecule has 4 heteroatoms. The van der Waals surface area contributed by atoms with Gasteiger partial charge in [0.15, 0.2) is 0 Å². The van der Waals surface area contributed by atoms with Gasteiger partial charge >= 0.3 is 5.97 Å². The first kappa shape index (κ1) is 18.1. The molecule has 1 unspecified atom stereocenters. The number of ether oxygens (including phenoxy) is 1. The maximum atomic E-state index is 11.8. The normalized spacial score (nSPS) is 13.7. The standard InChI is InChI=1S/C17H27NO2S/c1-4-18-17(2,16(19)20-3)12-8-9-13-21-14-15-10-6-5-7-11-15/h5-7,10-11,18H,4,8-9,12-14H2,1-3H3. The lowest BCUT2D eigenvalue weighted by Crippen LogP contribution is -2.50. The van der Waals surface area contributed by atoms with Crippen molar-refractivity contribution in [1.29, 1.82) is 0 Å². The first-order valence-corrected chi connectivity index (χ1v) is 8.73. The minimum atomic E-state index is -0.548. The third-order valence-electron chi connectivity index (χ3n) is 3.53. The van der Waals surface area contributed by atoms with Gasteiger partial charge in [-0.05, 0) is 37.6 Å². The van der Waals surface area contributed by atoms with Crippen LogP contribution in [0.4, 0.5) is 0 Å². The van der Waals surface area contributed by atoms with Gasteiger partial charge in [0.25, 0.3) is 0 Å². The fourth-order valence-corrected chi connectivity index (χ4v) is 3.31. The number of carbonyl (C=O) groups is 1. The van der Waals surface area contributed by atoms with Crippen LogP contribution in [0, 0.1) is 0 Å². The summed E-state index contributed by atoms with van der Waals surface area (Å²) in [4.78, 5) is 11.8. The zero-order valence-corrected chi connectivity index (χ0v) is 14.2. The Labute approximate surface area is 132 Å². The molecule has 0 aliphatic rings. The lowest BCUT2D eigenvalue weighted by molar-refractivity contribution is -0.148. The SMILES string of the molecule is CCNC(C)(CCCCSCc1ccccc1)C(=O)OC. The smallest absolute Gasteiger partial charge is 0.325 e. The number of nitrogens with one attached hydrogen (secondary N) is 1. The summed E-state index contributed by atoms with van der Waals surface area (Å²) in [7, 11) is 1.45. The van der Waals surface area contributed by atoms with Crippen molar-refractivity contribution in [2.45, 2.75) is 44.4 Å². The van der Waals surface area contributed by atoms with E-state index in [9.17, 15) is 4.79 Å². The predicted molar refractivity (Wildman–Crippen MR) is 90.6 cm³/mol. The molecular formula is C17H27NO2S. The Morgan fingerprint density at radius 1 is 1.29 bits per heavy atom. The van der Waals surface area contributed by atoms with E-state index >= 15 is 0 Å². The number of likely N-dealkylation sites (N-methyl/N-ethyl adjacent to an activating group) is 1. The molecule has 0 aliphatic heterocycles. The number of rotatable bonds is 10. The summed E-state index contributed by atoms with van der Waals surface area (Å²) in [5, 5.41) is 3.25. The molecular weight excluding hydrogens is 282 g/mol. The second kappa shape index (κ2) is 9.85. The highest BCUT2D eigenvalue weighted by Gasteiger charge is 2.32. The molecule has 1 aromatic carbocycles. The van der Waals surface area contributed by atoms with E-state index in [1.54, 1.807) is 0 Å². The van der Waals surface area contributed by atoms with Gasteiger partial charge in [0.2, 0.25) is 0 Å². The number of hydrogen-bond acceptors (Lipinski definition) is 4. The van der Waals surface area contributed by atoms with Crippen LogP contribution in [0.5, 0.6) is 0 Å². The Kier molecular flexibility index (Phi) is 8.47. The number of methoxy groups -OCH3 is 1. The van der Waals surface area contributed by atoms with Crippen molar-refractivity contribution in [2.75, 3.05) is 19.4 Å². The molecule has 0 fully saturated rings. The minimum Gasteiger partial charge on any atom is -0.468 e. The average molecular weight is 309 g/mol. The molecule has 0 aromatic heterocycles. The molecule has 0 saturated carbocycles. The van der Waals surface area contributed by atoms with Crippen molar-refractivity contribution in [2.24, 2.45) is 0 Å². The van der Waals surface area contributed by atoms with Gasteiger partial charge in [-0.3, -0.25) is 4.79 Å². The third kappa shape index (κ3) is 6.53. The summed E-state index contributed by atoms with van der Waals surface area (Å²) in [5.74, 6) is 2.02. The highest BCUT2D eigenvalue weighted by atomic mass is 32.2. The second-order valence-electron chi connectivity index (χ2n) is 5.35. The number of unbranched alkanes of at least 4 members (excludes halogenated alkanes) is 1. The van der Waals surface area contributed by atoms with Crippen LogP contribution in [0.15, 0.2) is 30.3 Å². The first-order valence-electron chi connectivity index (χ1n) is 7.57. The van der Waals surface area contributed by atoms with E-state index < -0.39 is 5.54 Å². The molecule has 0 radical (unpaired) electrons. The number of thioether (sulfide) groups is 1. The van der Waals surface area contributed by atoms with Crippen molar-refractivity contribution in [3.63, 3.8) is 0 Å². The summed E-state index contributed by atoms with van der Waals surface area (Å²) in [6, 6.07) is 10.5. The number of carbonyl (C=O) groups excluding carboxylic acids is 1. The zero-order valence-electron chi connectivity index (χ0n) is 13.4. The van der Waals surface area contributed by atoms with E-state index in [0.29, 0.717) is 0 Å². The molecule has 21 heavy (non-hydrogen) atoms. The van der Waals surface area contributed by atoms with Crippen LogP contribution < -0.4 is 5.32 Å². The van der Waals surface area contributed by atoms with Gasteiger partial charge < -0.3 is 10.1 Å². The van der Waals surface area contributed by atoms with Crippen LogP contribution in [0.25, 0.3) is 0 Å². The molecule has 1 atom stereocenters. The van der Waals surface area contributed by atoms with Crippen LogP contribution in [-0.2, 0) is 15.3 Å². The van der Waals surface area contributed by atoms with Crippen LogP contribution in [0.1, 0.15) is 38.7 Å². The van der Waals surface area contributed by atoms with Crippen LogP contribution in [0.2, 0.25) is 0 Å². The largest absolute Gasteiger partial charge is 0.468 e. The van der Waals surface area contributed by atoms with Crippen molar-refractivity contribution >= 4 is 17.7 Å². The van der Waals surface area contributed by atoms with Crippen molar-refractivity contribution < 1.29 is 9.53 Å². The van der Waals surface area contributed by atoms with E-state index in [-0.39, 0.29) is 5.97 Å². The molecule has 0 saturated heterocycles. The number of benzene rings is 1. The molecule has 0 amide bonds. The van der Waals surface area contributed by atoms with Crippen molar-refractivity contribution in [3.8, 4) is 0 Å². The second-order valence-corrected chi connectivity index (χ2v) is 6.45.